The van der Waals surface area contributed by atoms with Gasteiger partial charge in [-0.05, 0) is 12.1 Å². The van der Waals surface area contributed by atoms with E-state index in [1.165, 1.54) is 18.3 Å². The Labute approximate surface area is 79.8 Å². The van der Waals surface area contributed by atoms with E-state index >= 15 is 0 Å². The van der Waals surface area contributed by atoms with Crippen LogP contribution in [0.1, 0.15) is 0 Å². The van der Waals surface area contributed by atoms with Gasteiger partial charge in [-0.15, -0.1) is 5.10 Å². The molecule has 1 rings (SSSR count). The summed E-state index contributed by atoms with van der Waals surface area (Å²) in [5.74, 6) is -2.43. The lowest BCUT2D eigenvalue weighted by atomic mass is 10.6. The van der Waals surface area contributed by atoms with Gasteiger partial charge in [0.15, 0.2) is 11.6 Å². The first-order valence-electron chi connectivity index (χ1n) is 3.49. The van der Waals surface area contributed by atoms with Gasteiger partial charge in [-0.1, -0.05) is 0 Å². The SMILES string of the molecule is O=C(O)CS(=O)(=O)Nc1cccnn1. The predicted molar refractivity (Wildman–Crippen MR) is 47.1 cm³/mol. The summed E-state index contributed by atoms with van der Waals surface area (Å²) in [5.41, 5.74) is 0. The smallest absolute Gasteiger partial charge is 0.320 e. The first-order valence-corrected chi connectivity index (χ1v) is 5.15. The van der Waals surface area contributed by atoms with Gasteiger partial charge < -0.3 is 5.11 Å². The van der Waals surface area contributed by atoms with Gasteiger partial charge in [0.1, 0.15) is 0 Å². The van der Waals surface area contributed by atoms with Crippen molar-refractivity contribution >= 4 is 21.8 Å². The minimum Gasteiger partial charge on any atom is -0.480 e. The van der Waals surface area contributed by atoms with Gasteiger partial charge in [0.05, 0.1) is 0 Å². The molecule has 0 spiro atoms. The third-order valence-corrected chi connectivity index (χ3v) is 2.29. The Balaban J connectivity index is 2.74. The summed E-state index contributed by atoms with van der Waals surface area (Å²) in [6.45, 7) is 0. The normalized spacial score (nSPS) is 10.9. The largest absolute Gasteiger partial charge is 0.480 e. The van der Waals surface area contributed by atoms with Gasteiger partial charge in [0.25, 0.3) is 0 Å². The van der Waals surface area contributed by atoms with Crippen LogP contribution in [0, 0.1) is 0 Å². The van der Waals surface area contributed by atoms with E-state index in [4.69, 9.17) is 5.11 Å². The van der Waals surface area contributed by atoms with Crippen LogP contribution in [-0.2, 0) is 14.8 Å². The molecule has 0 unspecified atom stereocenters. The van der Waals surface area contributed by atoms with E-state index in [0.717, 1.165) is 0 Å². The van der Waals surface area contributed by atoms with Crippen LogP contribution in [0.25, 0.3) is 0 Å². The van der Waals surface area contributed by atoms with Crippen LogP contribution < -0.4 is 4.72 Å². The Bertz CT molecular complexity index is 416. The summed E-state index contributed by atoms with van der Waals surface area (Å²) in [6.07, 6.45) is 1.37. The highest BCUT2D eigenvalue weighted by Crippen LogP contribution is 2.01. The van der Waals surface area contributed by atoms with Crippen LogP contribution in [0.2, 0.25) is 0 Å². The van der Waals surface area contributed by atoms with Crippen molar-refractivity contribution in [2.75, 3.05) is 10.5 Å². The second-order valence-corrected chi connectivity index (χ2v) is 4.09. The van der Waals surface area contributed by atoms with Crippen LogP contribution in [0.4, 0.5) is 5.82 Å². The molecule has 7 nitrogen and oxygen atoms in total. The molecule has 0 amide bonds. The van der Waals surface area contributed by atoms with Gasteiger partial charge in [0.2, 0.25) is 10.0 Å². The standard InChI is InChI=1S/C6H7N3O4S/c10-6(11)4-14(12,13)9-5-2-1-3-7-8-5/h1-3H,4H2,(H,8,9)(H,10,11). The topological polar surface area (TPSA) is 109 Å². The average molecular weight is 217 g/mol. The number of nitrogens with zero attached hydrogens (tertiary/aromatic N) is 2. The molecular weight excluding hydrogens is 210 g/mol. The lowest BCUT2D eigenvalue weighted by Gasteiger charge is -2.02. The molecule has 14 heavy (non-hydrogen) atoms. The summed E-state index contributed by atoms with van der Waals surface area (Å²) in [4.78, 5) is 10.1. The van der Waals surface area contributed by atoms with E-state index < -0.39 is 21.7 Å². The monoisotopic (exact) mass is 217 g/mol. The molecule has 1 aromatic heterocycles. The number of aliphatic carboxylic acids is 1. The minimum atomic E-state index is -3.89. The molecule has 0 aliphatic carbocycles. The average Bonchev–Trinajstić information content (AvgIpc) is 2.02. The van der Waals surface area contributed by atoms with Crippen LogP contribution >= 0.6 is 0 Å². The van der Waals surface area contributed by atoms with Crippen molar-refractivity contribution in [3.05, 3.63) is 18.3 Å². The van der Waals surface area contributed by atoms with Gasteiger partial charge in [-0.2, -0.15) is 5.10 Å². The Hall–Kier alpha value is -1.70. The maximum Gasteiger partial charge on any atom is 0.320 e. The molecular formula is C6H7N3O4S. The van der Waals surface area contributed by atoms with Crippen molar-refractivity contribution < 1.29 is 18.3 Å². The minimum absolute atomic E-state index is 0.00579. The summed E-state index contributed by atoms with van der Waals surface area (Å²) in [7, 11) is -3.89. The van der Waals surface area contributed by atoms with E-state index in [1.54, 1.807) is 0 Å². The number of rotatable bonds is 4. The second kappa shape index (κ2) is 4.01. The van der Waals surface area contributed by atoms with Crippen LogP contribution in [0.5, 0.6) is 0 Å². The molecule has 0 fully saturated rings. The zero-order valence-corrected chi connectivity index (χ0v) is 7.73. The van der Waals surface area contributed by atoms with Crippen molar-refractivity contribution in [2.24, 2.45) is 0 Å². The Kier molecular flexibility index (Phi) is 2.97. The molecule has 0 radical (unpaired) electrons. The number of hydrogen-bond acceptors (Lipinski definition) is 5. The number of nitrogens with one attached hydrogen (secondary N) is 1. The maximum absolute atomic E-state index is 11.1. The molecule has 1 aromatic rings. The van der Waals surface area contributed by atoms with E-state index in [-0.39, 0.29) is 5.82 Å². The number of anilines is 1. The third kappa shape index (κ3) is 3.35. The van der Waals surface area contributed by atoms with Crippen molar-refractivity contribution in [3.63, 3.8) is 0 Å². The zero-order valence-electron chi connectivity index (χ0n) is 6.91. The predicted octanol–water partition coefficient (Wildman–Crippen LogP) is -0.697. The summed E-state index contributed by atoms with van der Waals surface area (Å²) in [6, 6.07) is 2.85. The van der Waals surface area contributed by atoms with Crippen LogP contribution in [0.15, 0.2) is 18.3 Å². The highest BCUT2D eigenvalue weighted by molar-refractivity contribution is 7.93. The third-order valence-electron chi connectivity index (χ3n) is 1.15. The van der Waals surface area contributed by atoms with Gasteiger partial charge in [0, 0.05) is 6.20 Å². The number of carboxylic acid groups (broad SMARTS) is 1. The second-order valence-electron chi connectivity index (χ2n) is 2.36. The van der Waals surface area contributed by atoms with E-state index in [9.17, 15) is 13.2 Å². The highest BCUT2D eigenvalue weighted by Gasteiger charge is 2.15. The Morgan fingerprint density at radius 1 is 1.57 bits per heavy atom. The van der Waals surface area contributed by atoms with Gasteiger partial charge in [-0.3, -0.25) is 9.52 Å². The lowest BCUT2D eigenvalue weighted by molar-refractivity contribution is -0.134. The fourth-order valence-electron chi connectivity index (χ4n) is 0.714. The molecule has 2 N–H and O–H groups in total. The van der Waals surface area contributed by atoms with Gasteiger partial charge >= 0.3 is 5.97 Å². The molecule has 0 saturated heterocycles. The first kappa shape index (κ1) is 10.4. The molecule has 0 aromatic carbocycles. The van der Waals surface area contributed by atoms with Crippen molar-refractivity contribution in [2.45, 2.75) is 0 Å². The lowest BCUT2D eigenvalue weighted by Crippen LogP contribution is -2.22. The molecule has 0 aliphatic heterocycles. The first-order chi connectivity index (χ1) is 6.49. The molecule has 0 bridgehead atoms. The molecule has 0 aliphatic rings. The summed E-state index contributed by atoms with van der Waals surface area (Å²) >= 11 is 0. The summed E-state index contributed by atoms with van der Waals surface area (Å²) in [5, 5.41) is 15.1. The van der Waals surface area contributed by atoms with Crippen molar-refractivity contribution in [1.29, 1.82) is 0 Å². The Morgan fingerprint density at radius 3 is 2.79 bits per heavy atom. The number of carbonyl (C=O) groups is 1. The highest BCUT2D eigenvalue weighted by atomic mass is 32.2. The van der Waals surface area contributed by atoms with Crippen molar-refractivity contribution in [3.8, 4) is 0 Å². The van der Waals surface area contributed by atoms with E-state index in [1.807, 2.05) is 4.72 Å². The fraction of sp³-hybridized carbons (Fsp3) is 0.167. The number of aromatic nitrogens is 2. The van der Waals surface area contributed by atoms with Crippen molar-refractivity contribution in [1.82, 2.24) is 10.2 Å². The zero-order chi connectivity index (χ0) is 10.6. The quantitative estimate of drug-likeness (QED) is 0.690. The fourth-order valence-corrected chi connectivity index (χ4v) is 1.54. The molecule has 76 valence electrons. The van der Waals surface area contributed by atoms with E-state index in [0.29, 0.717) is 0 Å². The molecule has 0 saturated carbocycles. The van der Waals surface area contributed by atoms with Crippen LogP contribution in [0.3, 0.4) is 0 Å². The van der Waals surface area contributed by atoms with Gasteiger partial charge in [-0.25, -0.2) is 8.42 Å². The number of sulfonamides is 1. The molecule has 0 atom stereocenters. The Morgan fingerprint density at radius 2 is 2.29 bits per heavy atom. The molecule has 1 heterocycles. The number of hydrogen-bond donors (Lipinski definition) is 2. The molecule has 8 heteroatoms. The maximum atomic E-state index is 11.1. The summed E-state index contributed by atoms with van der Waals surface area (Å²) < 4.78 is 24.1. The van der Waals surface area contributed by atoms with E-state index in [2.05, 4.69) is 10.2 Å². The number of carboxylic acids is 1. The van der Waals surface area contributed by atoms with Crippen LogP contribution in [-0.4, -0.2) is 35.4 Å².